The van der Waals surface area contributed by atoms with Gasteiger partial charge in [-0.15, -0.1) is 0 Å². The van der Waals surface area contributed by atoms with Gasteiger partial charge in [-0.05, 0) is 67.7 Å². The molecule has 0 amide bonds. The Balaban J connectivity index is 1.75. The minimum atomic E-state index is -0.0426. The highest BCUT2D eigenvalue weighted by Crippen LogP contribution is 2.29. The fourth-order valence-corrected chi connectivity index (χ4v) is 3.64. The third-order valence-corrected chi connectivity index (χ3v) is 5.23. The molecular weight excluding hydrogens is 302 g/mol. The van der Waals surface area contributed by atoms with Gasteiger partial charge >= 0.3 is 0 Å². The van der Waals surface area contributed by atoms with E-state index in [1.54, 1.807) is 7.11 Å². The number of H-pyrrole nitrogens is 1. The first-order valence-corrected chi connectivity index (χ1v) is 8.82. The molecule has 24 heavy (non-hydrogen) atoms. The van der Waals surface area contributed by atoms with Gasteiger partial charge in [-0.3, -0.25) is 9.59 Å². The molecule has 0 atom stereocenters. The zero-order valence-electron chi connectivity index (χ0n) is 14.4. The van der Waals surface area contributed by atoms with E-state index in [0.717, 1.165) is 47.7 Å². The van der Waals surface area contributed by atoms with Gasteiger partial charge in [-0.2, -0.15) is 0 Å². The standard InChI is InChI=1S/C20H25NO3/c1-3-14-11-16-12-15(6-9-18(16)21-20(14)23)19(22)10-13-4-7-17(24-2)8-5-13/h6,9,11-13,17H,3-5,7-8,10H2,1-2H3,(H,21,23). The molecule has 2 aromatic rings. The normalized spacial score (nSPS) is 21.1. The van der Waals surface area contributed by atoms with E-state index in [1.807, 2.05) is 31.2 Å². The molecule has 0 saturated heterocycles. The van der Waals surface area contributed by atoms with E-state index in [1.165, 1.54) is 0 Å². The molecule has 1 aromatic carbocycles. The van der Waals surface area contributed by atoms with Crippen molar-refractivity contribution in [2.24, 2.45) is 5.92 Å². The van der Waals surface area contributed by atoms with Crippen molar-refractivity contribution in [3.8, 4) is 0 Å². The molecule has 128 valence electrons. The Morgan fingerprint density at radius 2 is 1.96 bits per heavy atom. The van der Waals surface area contributed by atoms with Crippen LogP contribution in [-0.2, 0) is 11.2 Å². The molecule has 1 fully saturated rings. The maximum atomic E-state index is 12.6. The van der Waals surface area contributed by atoms with Crippen molar-refractivity contribution in [3.63, 3.8) is 0 Å². The van der Waals surface area contributed by atoms with Crippen molar-refractivity contribution < 1.29 is 9.53 Å². The highest BCUT2D eigenvalue weighted by Gasteiger charge is 2.23. The van der Waals surface area contributed by atoms with Crippen LogP contribution in [0.2, 0.25) is 0 Å². The summed E-state index contributed by atoms with van der Waals surface area (Å²) in [5, 5.41) is 0.931. The fraction of sp³-hybridized carbons (Fsp3) is 0.500. The van der Waals surface area contributed by atoms with Gasteiger partial charge in [0, 0.05) is 30.2 Å². The number of benzene rings is 1. The Morgan fingerprint density at radius 3 is 2.62 bits per heavy atom. The number of hydrogen-bond acceptors (Lipinski definition) is 3. The summed E-state index contributed by atoms with van der Waals surface area (Å²) in [5.41, 5.74) is 2.24. The van der Waals surface area contributed by atoms with Gasteiger partial charge in [0.1, 0.15) is 0 Å². The van der Waals surface area contributed by atoms with Crippen LogP contribution >= 0.6 is 0 Å². The number of aryl methyl sites for hydroxylation is 1. The molecule has 0 aliphatic heterocycles. The molecule has 0 unspecified atom stereocenters. The van der Waals surface area contributed by atoms with Gasteiger partial charge in [-0.25, -0.2) is 0 Å². The Hall–Kier alpha value is -1.94. The molecule has 1 heterocycles. The number of aromatic nitrogens is 1. The first-order chi connectivity index (χ1) is 11.6. The maximum absolute atomic E-state index is 12.6. The molecule has 1 aliphatic rings. The number of Topliss-reactive ketones (excluding diaryl/α,β-unsaturated/α-hetero) is 1. The molecule has 0 radical (unpaired) electrons. The van der Waals surface area contributed by atoms with Crippen LogP contribution in [0.5, 0.6) is 0 Å². The van der Waals surface area contributed by atoms with E-state index in [0.29, 0.717) is 24.9 Å². The van der Waals surface area contributed by atoms with Gasteiger partial charge in [0.05, 0.1) is 6.10 Å². The third-order valence-electron chi connectivity index (χ3n) is 5.23. The molecule has 1 saturated carbocycles. The summed E-state index contributed by atoms with van der Waals surface area (Å²) in [5.74, 6) is 0.656. The number of pyridine rings is 1. The van der Waals surface area contributed by atoms with Gasteiger partial charge in [0.25, 0.3) is 5.56 Å². The molecule has 1 N–H and O–H groups in total. The lowest BCUT2D eigenvalue weighted by molar-refractivity contribution is 0.0539. The Bertz CT molecular complexity index is 785. The zero-order chi connectivity index (χ0) is 17.1. The maximum Gasteiger partial charge on any atom is 0.251 e. The Kier molecular flexibility index (Phi) is 5.14. The predicted molar refractivity (Wildman–Crippen MR) is 95.6 cm³/mol. The smallest absolute Gasteiger partial charge is 0.251 e. The quantitative estimate of drug-likeness (QED) is 0.848. The number of hydrogen-bond donors (Lipinski definition) is 1. The molecular formula is C20H25NO3. The molecule has 1 aromatic heterocycles. The highest BCUT2D eigenvalue weighted by atomic mass is 16.5. The summed E-state index contributed by atoms with van der Waals surface area (Å²) < 4.78 is 5.39. The topological polar surface area (TPSA) is 59.2 Å². The SMILES string of the molecule is CCc1cc2cc(C(=O)CC3CCC(OC)CC3)ccc2[nH]c1=O. The van der Waals surface area contributed by atoms with Crippen LogP contribution < -0.4 is 5.56 Å². The second kappa shape index (κ2) is 7.31. The van der Waals surface area contributed by atoms with Crippen LogP contribution in [0.4, 0.5) is 0 Å². The van der Waals surface area contributed by atoms with Crippen LogP contribution in [0.25, 0.3) is 10.9 Å². The summed E-state index contributed by atoms with van der Waals surface area (Å²) in [4.78, 5) is 27.4. The van der Waals surface area contributed by atoms with Crippen molar-refractivity contribution in [2.75, 3.05) is 7.11 Å². The number of rotatable bonds is 5. The van der Waals surface area contributed by atoms with Gasteiger partial charge in [0.2, 0.25) is 0 Å². The van der Waals surface area contributed by atoms with E-state index in [-0.39, 0.29) is 11.3 Å². The number of ether oxygens (including phenoxy) is 1. The van der Waals surface area contributed by atoms with Gasteiger partial charge in [-0.1, -0.05) is 6.92 Å². The van der Waals surface area contributed by atoms with Crippen LogP contribution in [0.1, 0.15) is 54.9 Å². The van der Waals surface area contributed by atoms with Crippen LogP contribution in [0, 0.1) is 5.92 Å². The molecule has 3 rings (SSSR count). The second-order valence-electron chi connectivity index (χ2n) is 6.79. The number of aromatic amines is 1. The minimum Gasteiger partial charge on any atom is -0.381 e. The first kappa shape index (κ1) is 16.9. The summed E-state index contributed by atoms with van der Waals surface area (Å²) >= 11 is 0. The minimum absolute atomic E-state index is 0.0426. The second-order valence-corrected chi connectivity index (χ2v) is 6.79. The number of ketones is 1. The Labute approximate surface area is 142 Å². The van der Waals surface area contributed by atoms with Crippen LogP contribution in [-0.4, -0.2) is 24.0 Å². The fourth-order valence-electron chi connectivity index (χ4n) is 3.64. The highest BCUT2D eigenvalue weighted by molar-refractivity contribution is 5.99. The molecule has 1 aliphatic carbocycles. The van der Waals surface area contributed by atoms with Crippen molar-refractivity contribution in [2.45, 2.75) is 51.6 Å². The van der Waals surface area contributed by atoms with Gasteiger partial charge in [0.15, 0.2) is 5.78 Å². The Morgan fingerprint density at radius 1 is 1.21 bits per heavy atom. The number of fused-ring (bicyclic) bond motifs is 1. The average Bonchev–Trinajstić information content (AvgIpc) is 2.61. The molecule has 0 spiro atoms. The van der Waals surface area contributed by atoms with Crippen molar-refractivity contribution in [1.29, 1.82) is 0 Å². The van der Waals surface area contributed by atoms with E-state index in [9.17, 15) is 9.59 Å². The largest absolute Gasteiger partial charge is 0.381 e. The zero-order valence-corrected chi connectivity index (χ0v) is 14.4. The van der Waals surface area contributed by atoms with E-state index in [4.69, 9.17) is 4.74 Å². The summed E-state index contributed by atoms with van der Waals surface area (Å²) in [6.45, 7) is 1.96. The summed E-state index contributed by atoms with van der Waals surface area (Å²) in [6.07, 6.45) is 5.87. The lowest BCUT2D eigenvalue weighted by Gasteiger charge is -2.27. The van der Waals surface area contributed by atoms with Crippen molar-refractivity contribution in [1.82, 2.24) is 4.98 Å². The third kappa shape index (κ3) is 3.59. The molecule has 4 heteroatoms. The molecule has 0 bridgehead atoms. The number of methoxy groups -OCH3 is 1. The molecule has 4 nitrogen and oxygen atoms in total. The summed E-state index contributed by atoms with van der Waals surface area (Å²) in [7, 11) is 1.76. The average molecular weight is 327 g/mol. The number of nitrogens with one attached hydrogen (secondary N) is 1. The first-order valence-electron chi connectivity index (χ1n) is 8.82. The van der Waals surface area contributed by atoms with E-state index in [2.05, 4.69) is 4.98 Å². The number of carbonyl (C=O) groups is 1. The lowest BCUT2D eigenvalue weighted by Crippen LogP contribution is -2.22. The van der Waals surface area contributed by atoms with E-state index >= 15 is 0 Å². The van der Waals surface area contributed by atoms with Crippen molar-refractivity contribution >= 4 is 16.7 Å². The number of carbonyl (C=O) groups excluding carboxylic acids is 1. The monoisotopic (exact) mass is 327 g/mol. The van der Waals surface area contributed by atoms with Gasteiger partial charge < -0.3 is 9.72 Å². The van der Waals surface area contributed by atoms with Crippen LogP contribution in [0.3, 0.4) is 0 Å². The van der Waals surface area contributed by atoms with Crippen molar-refractivity contribution in [3.05, 3.63) is 45.7 Å². The predicted octanol–water partition coefficient (Wildman–Crippen LogP) is 3.87. The lowest BCUT2D eigenvalue weighted by atomic mass is 9.83. The van der Waals surface area contributed by atoms with E-state index < -0.39 is 0 Å². The van der Waals surface area contributed by atoms with Crippen LogP contribution in [0.15, 0.2) is 29.1 Å². The summed E-state index contributed by atoms with van der Waals surface area (Å²) in [6, 6.07) is 7.47.